The quantitative estimate of drug-likeness (QED) is 0.594. The van der Waals surface area contributed by atoms with Gasteiger partial charge in [-0.15, -0.1) is 0 Å². The number of hydrogen-bond donors (Lipinski definition) is 0. The van der Waals surface area contributed by atoms with Crippen molar-refractivity contribution in [3.63, 3.8) is 0 Å². The summed E-state index contributed by atoms with van der Waals surface area (Å²) < 4.78 is 0. The summed E-state index contributed by atoms with van der Waals surface area (Å²) in [6.07, 6.45) is 0. The standard InChI is InChI=1S/C10H19N3/c1-10(2,3)13-7-9(8-13)12(4)6-5-11/h9H,6-8H2,1-4H3. The van der Waals surface area contributed by atoms with Gasteiger partial charge in [0.2, 0.25) is 0 Å². The van der Waals surface area contributed by atoms with Gasteiger partial charge in [0.05, 0.1) is 12.6 Å². The third kappa shape index (κ3) is 2.43. The molecule has 0 unspecified atom stereocenters. The van der Waals surface area contributed by atoms with Crippen LogP contribution in [0.1, 0.15) is 20.8 Å². The first-order valence-corrected chi connectivity index (χ1v) is 4.77. The summed E-state index contributed by atoms with van der Waals surface area (Å²) in [5, 5.41) is 8.53. The van der Waals surface area contributed by atoms with Gasteiger partial charge in [-0.1, -0.05) is 0 Å². The predicted molar refractivity (Wildman–Crippen MR) is 53.4 cm³/mol. The molecule has 0 atom stereocenters. The summed E-state index contributed by atoms with van der Waals surface area (Å²) in [7, 11) is 2.02. The molecule has 0 aromatic heterocycles. The maximum Gasteiger partial charge on any atom is 0.0866 e. The molecule has 0 spiro atoms. The molecule has 3 nitrogen and oxygen atoms in total. The van der Waals surface area contributed by atoms with E-state index in [9.17, 15) is 0 Å². The van der Waals surface area contributed by atoms with Gasteiger partial charge in [-0.25, -0.2) is 0 Å². The van der Waals surface area contributed by atoms with E-state index in [1.54, 1.807) is 0 Å². The Hall–Kier alpha value is -0.590. The molecule has 1 heterocycles. The van der Waals surface area contributed by atoms with Crippen molar-refractivity contribution in [2.45, 2.75) is 32.4 Å². The molecular formula is C10H19N3. The molecule has 0 aromatic carbocycles. The highest BCUT2D eigenvalue weighted by Crippen LogP contribution is 2.23. The Morgan fingerprint density at radius 2 is 2.00 bits per heavy atom. The molecule has 0 radical (unpaired) electrons. The zero-order valence-electron chi connectivity index (χ0n) is 9.04. The second-order valence-corrected chi connectivity index (χ2v) is 4.80. The van der Waals surface area contributed by atoms with Crippen LogP contribution in [0.25, 0.3) is 0 Å². The van der Waals surface area contributed by atoms with Crippen molar-refractivity contribution >= 4 is 0 Å². The summed E-state index contributed by atoms with van der Waals surface area (Å²) in [6, 6.07) is 2.76. The van der Waals surface area contributed by atoms with Crippen LogP contribution in [0, 0.1) is 11.3 Å². The third-order valence-corrected chi connectivity index (χ3v) is 2.75. The smallest absolute Gasteiger partial charge is 0.0866 e. The van der Waals surface area contributed by atoms with Crippen LogP contribution in [0.4, 0.5) is 0 Å². The summed E-state index contributed by atoms with van der Waals surface area (Å²) in [6.45, 7) is 9.43. The average Bonchev–Trinajstić information content (AvgIpc) is 1.79. The lowest BCUT2D eigenvalue weighted by atomic mass is 9.97. The van der Waals surface area contributed by atoms with Crippen molar-refractivity contribution in [1.82, 2.24) is 9.80 Å². The van der Waals surface area contributed by atoms with Crippen molar-refractivity contribution in [2.24, 2.45) is 0 Å². The minimum atomic E-state index is 0.282. The van der Waals surface area contributed by atoms with Gasteiger partial charge in [0, 0.05) is 24.7 Å². The van der Waals surface area contributed by atoms with Gasteiger partial charge in [0.1, 0.15) is 0 Å². The molecule has 0 saturated carbocycles. The molecular weight excluding hydrogens is 162 g/mol. The van der Waals surface area contributed by atoms with Crippen LogP contribution in [0.3, 0.4) is 0 Å². The lowest BCUT2D eigenvalue weighted by Crippen LogP contribution is -2.63. The van der Waals surface area contributed by atoms with Crippen molar-refractivity contribution in [3.05, 3.63) is 0 Å². The van der Waals surface area contributed by atoms with Gasteiger partial charge in [-0.3, -0.25) is 9.80 Å². The van der Waals surface area contributed by atoms with Crippen LogP contribution in [0.5, 0.6) is 0 Å². The molecule has 1 saturated heterocycles. The molecule has 1 fully saturated rings. The maximum atomic E-state index is 8.53. The summed E-state index contributed by atoms with van der Waals surface area (Å²) >= 11 is 0. The van der Waals surface area contributed by atoms with Gasteiger partial charge >= 0.3 is 0 Å². The Bertz CT molecular complexity index is 205. The van der Waals surface area contributed by atoms with E-state index >= 15 is 0 Å². The Morgan fingerprint density at radius 1 is 1.46 bits per heavy atom. The van der Waals surface area contributed by atoms with E-state index in [-0.39, 0.29) is 5.54 Å². The molecule has 0 bridgehead atoms. The van der Waals surface area contributed by atoms with E-state index in [2.05, 4.69) is 36.6 Å². The van der Waals surface area contributed by atoms with Crippen LogP contribution >= 0.6 is 0 Å². The SMILES string of the molecule is CN(CC#N)C1CN(C(C)(C)C)C1. The first-order chi connectivity index (χ1) is 5.95. The van der Waals surface area contributed by atoms with Crippen LogP contribution in [-0.2, 0) is 0 Å². The Morgan fingerprint density at radius 3 is 2.38 bits per heavy atom. The molecule has 0 N–H and O–H groups in total. The monoisotopic (exact) mass is 181 g/mol. The minimum Gasteiger partial charge on any atom is -0.295 e. The minimum absolute atomic E-state index is 0.282. The second kappa shape index (κ2) is 3.65. The Balaban J connectivity index is 2.30. The largest absolute Gasteiger partial charge is 0.295 e. The summed E-state index contributed by atoms with van der Waals surface area (Å²) in [4.78, 5) is 4.56. The number of likely N-dealkylation sites (N-methyl/N-ethyl adjacent to an activating group) is 1. The topological polar surface area (TPSA) is 30.3 Å². The fourth-order valence-corrected chi connectivity index (χ4v) is 1.52. The molecule has 0 aliphatic carbocycles. The van der Waals surface area contributed by atoms with Gasteiger partial charge in [-0.2, -0.15) is 5.26 Å². The maximum absolute atomic E-state index is 8.53. The highest BCUT2D eigenvalue weighted by Gasteiger charge is 2.35. The van der Waals surface area contributed by atoms with E-state index in [0.717, 1.165) is 13.1 Å². The van der Waals surface area contributed by atoms with Gasteiger partial charge in [0.25, 0.3) is 0 Å². The van der Waals surface area contributed by atoms with Crippen LogP contribution in [0.2, 0.25) is 0 Å². The van der Waals surface area contributed by atoms with E-state index in [1.807, 2.05) is 7.05 Å². The first kappa shape index (κ1) is 10.5. The Kier molecular flexibility index (Phi) is 2.94. The zero-order chi connectivity index (χ0) is 10.1. The number of rotatable bonds is 2. The average molecular weight is 181 g/mol. The predicted octanol–water partition coefficient (Wildman–Crippen LogP) is 0.924. The van der Waals surface area contributed by atoms with E-state index in [4.69, 9.17) is 5.26 Å². The number of likely N-dealkylation sites (tertiary alicyclic amines) is 1. The van der Waals surface area contributed by atoms with Crippen molar-refractivity contribution in [1.29, 1.82) is 5.26 Å². The molecule has 74 valence electrons. The Labute approximate surface area is 80.9 Å². The molecule has 13 heavy (non-hydrogen) atoms. The van der Waals surface area contributed by atoms with E-state index in [0.29, 0.717) is 12.6 Å². The highest BCUT2D eigenvalue weighted by atomic mass is 15.3. The van der Waals surface area contributed by atoms with Crippen molar-refractivity contribution < 1.29 is 0 Å². The molecule has 0 aromatic rings. The lowest BCUT2D eigenvalue weighted by molar-refractivity contribution is -0.00832. The van der Waals surface area contributed by atoms with Gasteiger partial charge in [-0.05, 0) is 27.8 Å². The first-order valence-electron chi connectivity index (χ1n) is 4.77. The number of hydrogen-bond acceptors (Lipinski definition) is 3. The van der Waals surface area contributed by atoms with E-state index in [1.165, 1.54) is 0 Å². The normalized spacial score (nSPS) is 20.0. The van der Waals surface area contributed by atoms with Gasteiger partial charge in [0.15, 0.2) is 0 Å². The molecule has 1 rings (SSSR count). The fraction of sp³-hybridized carbons (Fsp3) is 0.900. The number of nitrogens with zero attached hydrogens (tertiary/aromatic N) is 3. The second-order valence-electron chi connectivity index (χ2n) is 4.80. The highest BCUT2D eigenvalue weighted by molar-refractivity contribution is 4.95. The number of nitriles is 1. The molecule has 1 aliphatic rings. The molecule has 0 amide bonds. The van der Waals surface area contributed by atoms with Gasteiger partial charge < -0.3 is 0 Å². The zero-order valence-corrected chi connectivity index (χ0v) is 9.04. The summed E-state index contributed by atoms with van der Waals surface area (Å²) in [5.74, 6) is 0. The lowest BCUT2D eigenvalue weighted by Gasteiger charge is -2.50. The third-order valence-electron chi connectivity index (χ3n) is 2.75. The fourth-order valence-electron chi connectivity index (χ4n) is 1.52. The van der Waals surface area contributed by atoms with Crippen molar-refractivity contribution in [2.75, 3.05) is 26.7 Å². The van der Waals surface area contributed by atoms with E-state index < -0.39 is 0 Å². The van der Waals surface area contributed by atoms with Crippen LogP contribution < -0.4 is 0 Å². The molecule has 1 aliphatic heterocycles. The van der Waals surface area contributed by atoms with Crippen LogP contribution in [-0.4, -0.2) is 48.1 Å². The summed E-state index contributed by atoms with van der Waals surface area (Å²) in [5.41, 5.74) is 0.282. The van der Waals surface area contributed by atoms with Crippen molar-refractivity contribution in [3.8, 4) is 6.07 Å². The van der Waals surface area contributed by atoms with Crippen LogP contribution in [0.15, 0.2) is 0 Å². The molecule has 3 heteroatoms.